The van der Waals surface area contributed by atoms with Crippen molar-refractivity contribution in [2.45, 2.75) is 19.4 Å². The fourth-order valence-corrected chi connectivity index (χ4v) is 3.89. The first-order valence-corrected chi connectivity index (χ1v) is 10.6. The number of halogens is 2. The number of ether oxygens (including phenoxy) is 2. The minimum atomic E-state index is -3.33. The molecular weight excluding hydrogens is 397 g/mol. The molecule has 148 valence electrons. The Morgan fingerprint density at radius 1 is 1.48 bits per heavy atom. The zero-order chi connectivity index (χ0) is 19.4. The molecule has 1 aliphatic heterocycles. The summed E-state index contributed by atoms with van der Waals surface area (Å²) in [6.45, 7) is 2.54. The summed E-state index contributed by atoms with van der Waals surface area (Å²) in [6.07, 6.45) is 3.58. The zero-order valence-corrected chi connectivity index (χ0v) is 16.3. The Morgan fingerprint density at radius 2 is 2.30 bits per heavy atom. The summed E-state index contributed by atoms with van der Waals surface area (Å²) in [4.78, 5) is 0. The van der Waals surface area contributed by atoms with E-state index in [1.165, 1.54) is 23.0 Å². The van der Waals surface area contributed by atoms with E-state index in [2.05, 4.69) is 9.82 Å². The molecule has 1 N–H and O–H groups in total. The maximum atomic E-state index is 14.4. The van der Waals surface area contributed by atoms with Crippen LogP contribution in [-0.4, -0.2) is 49.8 Å². The third kappa shape index (κ3) is 5.19. The average molecular weight is 418 g/mol. The highest BCUT2D eigenvalue weighted by atomic mass is 35.5. The van der Waals surface area contributed by atoms with Gasteiger partial charge in [-0.2, -0.15) is 5.10 Å². The van der Waals surface area contributed by atoms with Crippen molar-refractivity contribution in [2.75, 3.05) is 25.6 Å². The van der Waals surface area contributed by atoms with Crippen LogP contribution in [0.5, 0.6) is 5.75 Å². The van der Waals surface area contributed by atoms with Crippen LogP contribution in [-0.2, 0) is 14.8 Å². The van der Waals surface area contributed by atoms with Gasteiger partial charge < -0.3 is 9.47 Å². The predicted molar refractivity (Wildman–Crippen MR) is 99.3 cm³/mol. The van der Waals surface area contributed by atoms with E-state index in [0.717, 1.165) is 0 Å². The summed E-state index contributed by atoms with van der Waals surface area (Å²) in [7, 11) is -3.33. The number of hydrogen-bond acceptors (Lipinski definition) is 5. The Labute approximate surface area is 162 Å². The lowest BCUT2D eigenvalue weighted by Crippen LogP contribution is -2.48. The van der Waals surface area contributed by atoms with E-state index in [0.29, 0.717) is 30.3 Å². The second kappa shape index (κ2) is 8.55. The van der Waals surface area contributed by atoms with Crippen molar-refractivity contribution in [1.29, 1.82) is 0 Å². The van der Waals surface area contributed by atoms with Gasteiger partial charge in [-0.1, -0.05) is 11.6 Å². The molecule has 3 rings (SSSR count). The fourth-order valence-electron chi connectivity index (χ4n) is 2.82. The molecule has 2 unspecified atom stereocenters. The summed E-state index contributed by atoms with van der Waals surface area (Å²) in [6, 6.07) is 4.18. The second-order valence-electron chi connectivity index (χ2n) is 6.28. The van der Waals surface area contributed by atoms with Crippen molar-refractivity contribution < 1.29 is 22.3 Å². The predicted octanol–water partition coefficient (Wildman–Crippen LogP) is 2.39. The van der Waals surface area contributed by atoms with Gasteiger partial charge in [0, 0.05) is 30.8 Å². The third-order valence-electron chi connectivity index (χ3n) is 4.37. The Morgan fingerprint density at radius 3 is 2.96 bits per heavy atom. The summed E-state index contributed by atoms with van der Waals surface area (Å²) in [5.41, 5.74) is 0.515. The van der Waals surface area contributed by atoms with E-state index < -0.39 is 15.8 Å². The summed E-state index contributed by atoms with van der Waals surface area (Å²) in [5.74, 6) is -0.656. The van der Waals surface area contributed by atoms with Crippen LogP contribution in [0.15, 0.2) is 30.6 Å². The quantitative estimate of drug-likeness (QED) is 0.748. The molecule has 1 fully saturated rings. The molecule has 27 heavy (non-hydrogen) atoms. The Balaban J connectivity index is 1.66. The minimum absolute atomic E-state index is 0.00543. The molecule has 2 heterocycles. The summed E-state index contributed by atoms with van der Waals surface area (Å²) in [5, 5.41) is 4.48. The van der Waals surface area contributed by atoms with Gasteiger partial charge in [0.25, 0.3) is 0 Å². The first-order valence-electron chi connectivity index (χ1n) is 8.58. The van der Waals surface area contributed by atoms with Crippen molar-refractivity contribution in [2.24, 2.45) is 5.92 Å². The molecule has 2 aromatic rings. The maximum absolute atomic E-state index is 14.4. The van der Waals surface area contributed by atoms with Crippen molar-refractivity contribution in [3.05, 3.63) is 41.4 Å². The highest BCUT2D eigenvalue weighted by molar-refractivity contribution is 7.89. The van der Waals surface area contributed by atoms with Crippen LogP contribution < -0.4 is 9.46 Å². The molecule has 0 bridgehead atoms. The lowest BCUT2D eigenvalue weighted by atomic mass is 9.98. The Hall–Kier alpha value is -1.68. The smallest absolute Gasteiger partial charge is 0.211 e. The van der Waals surface area contributed by atoms with E-state index in [1.807, 2.05) is 0 Å². The van der Waals surface area contributed by atoms with Crippen molar-refractivity contribution in [3.8, 4) is 11.4 Å². The van der Waals surface area contributed by atoms with Crippen molar-refractivity contribution in [1.82, 2.24) is 14.5 Å². The SMILES string of the molecule is CCS(=O)(=O)NC1CCOCC1COc1ccc(-n2cc(Cl)cn2)cc1F. The highest BCUT2D eigenvalue weighted by Crippen LogP contribution is 2.23. The molecule has 2 atom stereocenters. The second-order valence-corrected chi connectivity index (χ2v) is 8.76. The number of nitrogens with zero attached hydrogens (tertiary/aromatic N) is 2. The van der Waals surface area contributed by atoms with E-state index >= 15 is 0 Å². The molecular formula is C17H21ClFN3O4S. The van der Waals surface area contributed by atoms with Crippen molar-refractivity contribution in [3.63, 3.8) is 0 Å². The molecule has 0 saturated carbocycles. The summed E-state index contributed by atoms with van der Waals surface area (Å²) < 4.78 is 53.2. The zero-order valence-electron chi connectivity index (χ0n) is 14.8. The number of sulfonamides is 1. The van der Waals surface area contributed by atoms with E-state index in [1.54, 1.807) is 19.2 Å². The maximum Gasteiger partial charge on any atom is 0.211 e. The van der Waals surface area contributed by atoms with Crippen LogP contribution in [0.25, 0.3) is 5.69 Å². The van der Waals surface area contributed by atoms with Gasteiger partial charge in [0.15, 0.2) is 11.6 Å². The lowest BCUT2D eigenvalue weighted by Gasteiger charge is -2.31. The van der Waals surface area contributed by atoms with Crippen LogP contribution in [0, 0.1) is 11.7 Å². The molecule has 0 spiro atoms. The lowest BCUT2D eigenvalue weighted by molar-refractivity contribution is 0.0180. The number of hydrogen-bond donors (Lipinski definition) is 1. The largest absolute Gasteiger partial charge is 0.490 e. The normalized spacial score (nSPS) is 20.6. The third-order valence-corrected chi connectivity index (χ3v) is 5.99. The average Bonchev–Trinajstić information content (AvgIpc) is 3.08. The van der Waals surface area contributed by atoms with Crippen molar-refractivity contribution >= 4 is 21.6 Å². The van der Waals surface area contributed by atoms with Crippen LogP contribution in [0.1, 0.15) is 13.3 Å². The highest BCUT2D eigenvalue weighted by Gasteiger charge is 2.29. The Kier molecular flexibility index (Phi) is 6.36. The summed E-state index contributed by atoms with van der Waals surface area (Å²) >= 11 is 5.82. The molecule has 0 radical (unpaired) electrons. The molecule has 0 amide bonds. The Bertz CT molecular complexity index is 890. The fraction of sp³-hybridized carbons (Fsp3) is 0.471. The van der Waals surface area contributed by atoms with Crippen LogP contribution in [0.2, 0.25) is 5.02 Å². The van der Waals surface area contributed by atoms with Gasteiger partial charge in [-0.25, -0.2) is 22.2 Å². The van der Waals surface area contributed by atoms with Gasteiger partial charge in [-0.15, -0.1) is 0 Å². The molecule has 1 saturated heterocycles. The molecule has 1 aromatic carbocycles. The standard InChI is InChI=1S/C17H21ClFN3O4S/c1-2-27(23,24)21-16-5-6-25-10-12(16)11-26-17-4-3-14(7-15(17)19)22-9-13(18)8-20-22/h3-4,7-9,12,16,21H,2,5-6,10-11H2,1H3. The van der Waals surface area contributed by atoms with Crippen LogP contribution in [0.4, 0.5) is 4.39 Å². The van der Waals surface area contributed by atoms with E-state index in [9.17, 15) is 12.8 Å². The van der Waals surface area contributed by atoms with Gasteiger partial charge in [0.2, 0.25) is 10.0 Å². The van der Waals surface area contributed by atoms with Crippen LogP contribution in [0.3, 0.4) is 0 Å². The van der Waals surface area contributed by atoms with Crippen LogP contribution >= 0.6 is 11.6 Å². The monoisotopic (exact) mass is 417 g/mol. The molecule has 1 aromatic heterocycles. The molecule has 1 aliphatic rings. The topological polar surface area (TPSA) is 82.5 Å². The number of nitrogens with one attached hydrogen (secondary N) is 1. The number of rotatable bonds is 7. The number of aromatic nitrogens is 2. The minimum Gasteiger partial charge on any atom is -0.490 e. The van der Waals surface area contributed by atoms with E-state index in [-0.39, 0.29) is 30.1 Å². The first-order chi connectivity index (χ1) is 12.9. The van der Waals surface area contributed by atoms with Gasteiger partial charge in [0.1, 0.15) is 0 Å². The molecule has 0 aliphatic carbocycles. The van der Waals surface area contributed by atoms with Gasteiger partial charge >= 0.3 is 0 Å². The van der Waals surface area contributed by atoms with E-state index in [4.69, 9.17) is 21.1 Å². The molecule has 10 heteroatoms. The van der Waals surface area contributed by atoms with Gasteiger partial charge in [-0.3, -0.25) is 0 Å². The van der Waals surface area contributed by atoms with Gasteiger partial charge in [0.05, 0.1) is 35.9 Å². The number of benzene rings is 1. The van der Waals surface area contributed by atoms with Gasteiger partial charge in [-0.05, 0) is 25.5 Å². The molecule has 7 nitrogen and oxygen atoms in total. The first kappa shape index (κ1) is 20.1.